The van der Waals surface area contributed by atoms with Gasteiger partial charge in [-0.3, -0.25) is 4.68 Å². The van der Waals surface area contributed by atoms with Crippen molar-refractivity contribution < 1.29 is 31.4 Å². The van der Waals surface area contributed by atoms with Gasteiger partial charge in [-0.25, -0.2) is 15.0 Å². The molecule has 5 heterocycles. The highest BCUT2D eigenvalue weighted by Crippen LogP contribution is 2.39. The van der Waals surface area contributed by atoms with Crippen LogP contribution in [0, 0.1) is 0 Å². The molecule has 49 heavy (non-hydrogen) atoms. The van der Waals surface area contributed by atoms with Gasteiger partial charge in [0.1, 0.15) is 5.02 Å². The fourth-order valence-electron chi connectivity index (χ4n) is 6.39. The van der Waals surface area contributed by atoms with E-state index in [9.17, 15) is 31.4 Å². The monoisotopic (exact) mass is 709 g/mol. The zero-order valence-electron chi connectivity index (χ0n) is 26.6. The number of piperidine rings is 1. The third kappa shape index (κ3) is 7.69. The van der Waals surface area contributed by atoms with Crippen molar-refractivity contribution in [1.29, 1.82) is 0 Å². The normalized spacial score (nSPS) is 19.1. The molecule has 0 spiro atoms. The third-order valence-corrected chi connectivity index (χ3v) is 9.24. The van der Waals surface area contributed by atoms with Crippen LogP contribution in [0.5, 0.6) is 0 Å². The van der Waals surface area contributed by atoms with Crippen LogP contribution in [0.1, 0.15) is 49.3 Å². The summed E-state index contributed by atoms with van der Waals surface area (Å²) in [6.45, 7) is 3.07. The molecule has 2 saturated heterocycles. The summed E-state index contributed by atoms with van der Waals surface area (Å²) in [4.78, 5) is 23.9. The summed E-state index contributed by atoms with van der Waals surface area (Å²) in [5, 5.41) is 14.4. The second-order valence-electron chi connectivity index (χ2n) is 12.4. The van der Waals surface area contributed by atoms with E-state index < -0.39 is 29.5 Å². The van der Waals surface area contributed by atoms with Gasteiger partial charge in [0.2, 0.25) is 11.9 Å². The fourth-order valence-corrected chi connectivity index (χ4v) is 6.59. The molecule has 0 aliphatic carbocycles. The van der Waals surface area contributed by atoms with E-state index in [1.165, 1.54) is 6.20 Å². The van der Waals surface area contributed by atoms with Crippen LogP contribution >= 0.6 is 11.6 Å². The van der Waals surface area contributed by atoms with Crippen molar-refractivity contribution in [2.24, 2.45) is 7.05 Å². The van der Waals surface area contributed by atoms with Gasteiger partial charge in [0, 0.05) is 69.0 Å². The largest absolute Gasteiger partial charge is 0.416 e. The first-order chi connectivity index (χ1) is 23.2. The van der Waals surface area contributed by atoms with Crippen LogP contribution in [0.25, 0.3) is 11.1 Å². The molecule has 2 unspecified atom stereocenters. The second kappa shape index (κ2) is 13.6. The number of aromatic nitrogens is 6. The molecule has 3 aromatic heterocycles. The average Bonchev–Trinajstić information content (AvgIpc) is 3.70. The van der Waals surface area contributed by atoms with E-state index in [0.717, 1.165) is 17.7 Å². The Morgan fingerprint density at radius 2 is 1.57 bits per heavy atom. The van der Waals surface area contributed by atoms with Crippen LogP contribution in [0.15, 0.2) is 49.2 Å². The summed E-state index contributed by atoms with van der Waals surface area (Å²) in [5.74, 6) is 1.07. The molecule has 1 aromatic carbocycles. The molecule has 0 bridgehead atoms. The molecule has 2 atom stereocenters. The third-order valence-electron chi connectivity index (χ3n) is 8.97. The van der Waals surface area contributed by atoms with E-state index in [-0.39, 0.29) is 42.8 Å². The number of alkyl halides is 6. The predicted molar refractivity (Wildman–Crippen MR) is 171 cm³/mol. The van der Waals surface area contributed by atoms with E-state index in [1.807, 2.05) is 16.7 Å². The zero-order valence-corrected chi connectivity index (χ0v) is 27.4. The molecule has 2 aliphatic heterocycles. The molecule has 1 N–H and O–H groups in total. The highest BCUT2D eigenvalue weighted by atomic mass is 35.5. The van der Waals surface area contributed by atoms with E-state index in [4.69, 9.17) is 16.6 Å². The molecule has 262 valence electrons. The minimum Gasteiger partial charge on any atom is -0.393 e. The Morgan fingerprint density at radius 3 is 2.14 bits per heavy atom. The molecule has 6 rings (SSSR count). The number of anilines is 3. The summed E-state index contributed by atoms with van der Waals surface area (Å²) in [6.07, 6.45) is -0.0869. The van der Waals surface area contributed by atoms with Crippen LogP contribution in [-0.4, -0.2) is 72.6 Å². The maximum absolute atomic E-state index is 13.8. The predicted octanol–water partition coefficient (Wildman–Crippen LogP) is 6.38. The van der Waals surface area contributed by atoms with Crippen LogP contribution in [0.4, 0.5) is 44.1 Å². The molecule has 0 radical (unpaired) electrons. The zero-order chi connectivity index (χ0) is 35.1. The van der Waals surface area contributed by atoms with Gasteiger partial charge in [0.25, 0.3) is 0 Å². The van der Waals surface area contributed by atoms with Crippen molar-refractivity contribution in [2.45, 2.75) is 69.7 Å². The average molecular weight is 710 g/mol. The summed E-state index contributed by atoms with van der Waals surface area (Å²) in [6, 6.07) is 1.02. The highest BCUT2D eigenvalue weighted by molar-refractivity contribution is 6.32. The van der Waals surface area contributed by atoms with Crippen molar-refractivity contribution in [2.75, 3.05) is 34.3 Å². The lowest BCUT2D eigenvalue weighted by Crippen LogP contribution is -2.39. The Labute approximate surface area is 283 Å². The van der Waals surface area contributed by atoms with E-state index >= 15 is 0 Å². The first-order valence-corrected chi connectivity index (χ1v) is 16.2. The van der Waals surface area contributed by atoms with Crippen molar-refractivity contribution in [3.8, 4) is 11.1 Å². The maximum Gasteiger partial charge on any atom is 0.416 e. The lowest BCUT2D eigenvalue weighted by molar-refractivity contribution is -0.143. The number of aliphatic hydroxyl groups is 1. The van der Waals surface area contributed by atoms with Crippen LogP contribution in [0.2, 0.25) is 5.02 Å². The van der Waals surface area contributed by atoms with Gasteiger partial charge < -0.3 is 19.8 Å². The molecule has 2 aliphatic rings. The van der Waals surface area contributed by atoms with Gasteiger partial charge in [-0.15, -0.1) is 0 Å². The van der Waals surface area contributed by atoms with Gasteiger partial charge in [-0.1, -0.05) is 18.5 Å². The Hall–Kier alpha value is -4.18. The molecular formula is C32H34ClF6N9O. The van der Waals surface area contributed by atoms with Gasteiger partial charge in [-0.05, 0) is 49.4 Å². The molecular weight excluding hydrogens is 676 g/mol. The summed E-state index contributed by atoms with van der Waals surface area (Å²) >= 11 is 6.65. The lowest BCUT2D eigenvalue weighted by atomic mass is 10.0. The molecule has 17 heteroatoms. The minimum absolute atomic E-state index is 0.120. The molecule has 0 saturated carbocycles. The number of rotatable bonds is 8. The van der Waals surface area contributed by atoms with Gasteiger partial charge >= 0.3 is 12.4 Å². The number of nitrogens with zero attached hydrogens (tertiary/aromatic N) is 9. The van der Waals surface area contributed by atoms with Crippen molar-refractivity contribution in [3.05, 3.63) is 70.9 Å². The van der Waals surface area contributed by atoms with Crippen molar-refractivity contribution in [3.63, 3.8) is 0 Å². The Kier molecular flexibility index (Phi) is 9.63. The Morgan fingerprint density at radius 1 is 0.918 bits per heavy atom. The first kappa shape index (κ1) is 34.7. The minimum atomic E-state index is -4.99. The molecule has 4 aromatic rings. The molecule has 10 nitrogen and oxygen atoms in total. The quantitative estimate of drug-likeness (QED) is 0.209. The molecule has 0 amide bonds. The van der Waals surface area contributed by atoms with Gasteiger partial charge in [-0.2, -0.15) is 36.4 Å². The first-order valence-electron chi connectivity index (χ1n) is 15.8. The van der Waals surface area contributed by atoms with Crippen LogP contribution in [0.3, 0.4) is 0 Å². The second-order valence-corrected chi connectivity index (χ2v) is 12.8. The SMILES string of the molecule is CCC1CC(N(Cc2cc(C(F)(F)F)cc(C(F)(F)F)c2)c2ncc(-c3cnn(C)c3)cn2)CN1c1nc(N2CCC(O)CC2)ncc1Cl. The summed E-state index contributed by atoms with van der Waals surface area (Å²) < 4.78 is 84.4. The topological polar surface area (TPSA) is 99.3 Å². The fraction of sp³-hybridized carbons (Fsp3) is 0.469. The Bertz CT molecular complexity index is 1730. The van der Waals surface area contributed by atoms with E-state index in [1.54, 1.807) is 41.4 Å². The highest BCUT2D eigenvalue weighted by Gasteiger charge is 2.40. The smallest absolute Gasteiger partial charge is 0.393 e. The van der Waals surface area contributed by atoms with Crippen molar-refractivity contribution in [1.82, 2.24) is 29.7 Å². The number of hydrogen-bond donors (Lipinski definition) is 1. The van der Waals surface area contributed by atoms with Gasteiger partial charge in [0.15, 0.2) is 5.82 Å². The standard InChI is InChI=1S/C32H34ClF6N9O/c1-3-24-11-25(18-47(24)28-27(33)15-42-30(44-28)46-6-4-26(49)5-7-46)48(29-40-12-20(13-41-29)21-14-43-45(2)17-21)16-19-8-22(31(34,35)36)10-23(9-19)32(37,38)39/h8-10,12-15,17,24-26,49H,3-7,11,16,18H2,1-2H3. The maximum atomic E-state index is 13.8. The number of aliphatic hydroxyl groups excluding tert-OH is 1. The van der Waals surface area contributed by atoms with E-state index in [0.29, 0.717) is 61.1 Å². The summed E-state index contributed by atoms with van der Waals surface area (Å²) in [5.41, 5.74) is -1.60. The molecule has 2 fully saturated rings. The number of halogens is 7. The Balaban J connectivity index is 1.37. The van der Waals surface area contributed by atoms with Crippen LogP contribution < -0.4 is 14.7 Å². The lowest BCUT2D eigenvalue weighted by Gasteiger charge is -2.32. The number of hydrogen-bond acceptors (Lipinski definition) is 9. The van der Waals surface area contributed by atoms with Crippen LogP contribution in [-0.2, 0) is 25.9 Å². The van der Waals surface area contributed by atoms with Gasteiger partial charge in [0.05, 0.1) is 35.7 Å². The number of aryl methyl sites for hydroxylation is 1. The van der Waals surface area contributed by atoms with Crippen molar-refractivity contribution >= 4 is 29.3 Å². The van der Waals surface area contributed by atoms with E-state index in [2.05, 4.69) is 20.1 Å². The number of benzene rings is 1. The summed E-state index contributed by atoms with van der Waals surface area (Å²) in [7, 11) is 1.75.